The minimum atomic E-state index is -0.408. The predicted molar refractivity (Wildman–Crippen MR) is 51.8 cm³/mol. The van der Waals surface area contributed by atoms with E-state index in [1.54, 1.807) is 14.2 Å². The molecule has 2 fully saturated rings. The summed E-state index contributed by atoms with van der Waals surface area (Å²) in [4.78, 5) is 11.0. The van der Waals surface area contributed by atoms with E-state index in [2.05, 4.69) is 0 Å². The molecule has 0 aromatic carbocycles. The van der Waals surface area contributed by atoms with Crippen LogP contribution in [-0.2, 0) is 28.5 Å². The third kappa shape index (κ3) is 2.20. The number of esters is 1. The molecule has 0 N–H and O–H groups in total. The SMILES string of the molecule is COC[C@H]1O[C@@H](OC)[C@H]2O[C@H]2[C@H]1OC(C)=O. The summed E-state index contributed by atoms with van der Waals surface area (Å²) in [6.07, 6.45) is -1.43. The maximum atomic E-state index is 11.0. The average molecular weight is 232 g/mol. The number of rotatable bonds is 4. The number of epoxide rings is 1. The van der Waals surface area contributed by atoms with Gasteiger partial charge >= 0.3 is 5.97 Å². The van der Waals surface area contributed by atoms with Crippen molar-refractivity contribution in [2.75, 3.05) is 20.8 Å². The van der Waals surface area contributed by atoms with Crippen LogP contribution in [0, 0.1) is 0 Å². The van der Waals surface area contributed by atoms with Crippen LogP contribution in [0.1, 0.15) is 6.92 Å². The van der Waals surface area contributed by atoms with E-state index in [0.717, 1.165) is 0 Å². The van der Waals surface area contributed by atoms with Gasteiger partial charge in [-0.15, -0.1) is 0 Å². The predicted octanol–water partition coefficient (Wildman–Crippen LogP) is -0.297. The zero-order valence-corrected chi connectivity index (χ0v) is 9.54. The smallest absolute Gasteiger partial charge is 0.303 e. The van der Waals surface area contributed by atoms with E-state index in [1.165, 1.54) is 6.92 Å². The maximum absolute atomic E-state index is 11.0. The van der Waals surface area contributed by atoms with Crippen molar-refractivity contribution < 1.29 is 28.5 Å². The van der Waals surface area contributed by atoms with Gasteiger partial charge < -0.3 is 23.7 Å². The summed E-state index contributed by atoms with van der Waals surface area (Å²) >= 11 is 0. The molecule has 2 rings (SSSR count). The third-order valence-corrected chi connectivity index (χ3v) is 2.69. The van der Waals surface area contributed by atoms with Crippen LogP contribution in [0.3, 0.4) is 0 Å². The van der Waals surface area contributed by atoms with Crippen molar-refractivity contribution >= 4 is 5.97 Å². The van der Waals surface area contributed by atoms with Crippen molar-refractivity contribution in [1.82, 2.24) is 0 Å². The van der Waals surface area contributed by atoms with Gasteiger partial charge in [0.2, 0.25) is 0 Å². The summed E-state index contributed by atoms with van der Waals surface area (Å²) in [5.74, 6) is -0.347. The molecule has 2 saturated heterocycles. The van der Waals surface area contributed by atoms with Gasteiger partial charge in [0, 0.05) is 21.1 Å². The summed E-state index contributed by atoms with van der Waals surface area (Å²) in [6.45, 7) is 1.70. The average Bonchev–Trinajstić information content (AvgIpc) is 3.00. The first-order chi connectivity index (χ1) is 7.67. The molecular formula is C10H16O6. The monoisotopic (exact) mass is 232 g/mol. The highest BCUT2D eigenvalue weighted by Gasteiger charge is 2.59. The second-order valence-corrected chi connectivity index (χ2v) is 3.87. The molecule has 0 amide bonds. The van der Waals surface area contributed by atoms with Gasteiger partial charge in [-0.3, -0.25) is 4.79 Å². The molecule has 0 saturated carbocycles. The van der Waals surface area contributed by atoms with Crippen LogP contribution in [0.4, 0.5) is 0 Å². The Morgan fingerprint density at radius 3 is 2.56 bits per heavy atom. The van der Waals surface area contributed by atoms with Crippen molar-refractivity contribution in [2.24, 2.45) is 0 Å². The van der Waals surface area contributed by atoms with Gasteiger partial charge in [0.25, 0.3) is 0 Å². The summed E-state index contributed by atoms with van der Waals surface area (Å²) in [5.41, 5.74) is 0. The first-order valence-corrected chi connectivity index (χ1v) is 5.17. The number of hydrogen-bond acceptors (Lipinski definition) is 6. The van der Waals surface area contributed by atoms with Gasteiger partial charge in [0.05, 0.1) is 6.61 Å². The minimum absolute atomic E-state index is 0.136. The van der Waals surface area contributed by atoms with Gasteiger partial charge in [0.1, 0.15) is 18.3 Å². The highest BCUT2D eigenvalue weighted by Crippen LogP contribution is 2.39. The topological polar surface area (TPSA) is 66.5 Å². The number of methoxy groups -OCH3 is 2. The Hall–Kier alpha value is -0.690. The van der Waals surface area contributed by atoms with Crippen molar-refractivity contribution in [3.8, 4) is 0 Å². The molecule has 0 aromatic heterocycles. The summed E-state index contributed by atoms with van der Waals surface area (Å²) in [6, 6.07) is 0. The van der Waals surface area contributed by atoms with Crippen molar-refractivity contribution in [2.45, 2.75) is 37.6 Å². The fraction of sp³-hybridized carbons (Fsp3) is 0.900. The molecule has 5 atom stereocenters. The molecule has 6 heteroatoms. The second-order valence-electron chi connectivity index (χ2n) is 3.87. The quantitative estimate of drug-likeness (QED) is 0.490. The highest BCUT2D eigenvalue weighted by molar-refractivity contribution is 5.66. The van der Waals surface area contributed by atoms with E-state index >= 15 is 0 Å². The Labute approximate surface area is 93.7 Å². The van der Waals surface area contributed by atoms with Crippen molar-refractivity contribution in [3.05, 3.63) is 0 Å². The summed E-state index contributed by atoms with van der Waals surface area (Å²) in [5, 5.41) is 0. The number of fused-ring (bicyclic) bond motifs is 1. The molecule has 2 aliphatic heterocycles. The number of ether oxygens (including phenoxy) is 5. The molecule has 0 aromatic rings. The molecule has 2 heterocycles. The van der Waals surface area contributed by atoms with Crippen molar-refractivity contribution in [1.29, 1.82) is 0 Å². The zero-order valence-electron chi connectivity index (χ0n) is 9.54. The summed E-state index contributed by atoms with van der Waals surface area (Å²) in [7, 11) is 3.12. The van der Waals surface area contributed by atoms with E-state index in [-0.39, 0.29) is 24.3 Å². The van der Waals surface area contributed by atoms with Crippen LogP contribution >= 0.6 is 0 Å². The third-order valence-electron chi connectivity index (χ3n) is 2.69. The molecule has 0 aliphatic carbocycles. The molecule has 92 valence electrons. The zero-order chi connectivity index (χ0) is 11.7. The number of carbonyl (C=O) groups is 1. The van der Waals surface area contributed by atoms with Crippen LogP contribution in [0.25, 0.3) is 0 Å². The molecule has 0 radical (unpaired) electrons. The van der Waals surface area contributed by atoms with Crippen LogP contribution in [0.15, 0.2) is 0 Å². The van der Waals surface area contributed by atoms with Crippen LogP contribution < -0.4 is 0 Å². The lowest BCUT2D eigenvalue weighted by atomic mass is 10.1. The number of carbonyl (C=O) groups excluding carboxylic acids is 1. The molecule has 16 heavy (non-hydrogen) atoms. The number of hydrogen-bond donors (Lipinski definition) is 0. The normalized spacial score (nSPS) is 41.3. The van der Waals surface area contributed by atoms with Crippen LogP contribution in [-0.4, -0.2) is 57.5 Å². The largest absolute Gasteiger partial charge is 0.457 e. The molecule has 2 aliphatic rings. The first kappa shape index (κ1) is 11.8. The van der Waals surface area contributed by atoms with E-state index in [9.17, 15) is 4.79 Å². The molecule has 0 bridgehead atoms. The Bertz CT molecular complexity index is 268. The second kappa shape index (κ2) is 4.67. The lowest BCUT2D eigenvalue weighted by Gasteiger charge is -2.31. The lowest BCUT2D eigenvalue weighted by Crippen LogP contribution is -2.49. The Kier molecular flexibility index (Phi) is 3.44. The van der Waals surface area contributed by atoms with Gasteiger partial charge in [-0.25, -0.2) is 0 Å². The highest BCUT2D eigenvalue weighted by atomic mass is 16.8. The van der Waals surface area contributed by atoms with Crippen molar-refractivity contribution in [3.63, 3.8) is 0 Å². The van der Waals surface area contributed by atoms with Crippen LogP contribution in [0.2, 0.25) is 0 Å². The standard InChI is InChI=1S/C10H16O6/c1-5(11)14-7-6(4-12-2)15-10(13-3)9-8(7)16-9/h6-10H,4H2,1-3H3/t6-,7+,8+,9+,10-/m1/s1. The fourth-order valence-electron chi connectivity index (χ4n) is 1.98. The minimum Gasteiger partial charge on any atom is -0.457 e. The van der Waals surface area contributed by atoms with Gasteiger partial charge in [-0.05, 0) is 0 Å². The summed E-state index contributed by atoms with van der Waals surface area (Å²) < 4.78 is 26.3. The fourth-order valence-corrected chi connectivity index (χ4v) is 1.98. The molecule has 6 nitrogen and oxygen atoms in total. The molecule has 0 spiro atoms. The Morgan fingerprint density at radius 1 is 1.25 bits per heavy atom. The first-order valence-electron chi connectivity index (χ1n) is 5.17. The van der Waals surface area contributed by atoms with E-state index in [4.69, 9.17) is 23.7 Å². The van der Waals surface area contributed by atoms with Gasteiger partial charge in [-0.1, -0.05) is 0 Å². The Morgan fingerprint density at radius 2 is 2.00 bits per heavy atom. The van der Waals surface area contributed by atoms with E-state index in [0.29, 0.717) is 6.61 Å². The lowest BCUT2D eigenvalue weighted by molar-refractivity contribution is -0.217. The molecular weight excluding hydrogens is 216 g/mol. The maximum Gasteiger partial charge on any atom is 0.303 e. The van der Waals surface area contributed by atoms with Crippen LogP contribution in [0.5, 0.6) is 0 Å². The Balaban J connectivity index is 2.02. The van der Waals surface area contributed by atoms with Gasteiger partial charge in [0.15, 0.2) is 12.4 Å². The van der Waals surface area contributed by atoms with Gasteiger partial charge in [-0.2, -0.15) is 0 Å². The molecule has 0 unspecified atom stereocenters. The van der Waals surface area contributed by atoms with E-state index in [1.807, 2.05) is 0 Å². The van der Waals surface area contributed by atoms with E-state index < -0.39 is 12.4 Å².